The molecule has 0 aliphatic heterocycles. The Bertz CT molecular complexity index is 1520. The number of pyridine rings is 1. The van der Waals surface area contributed by atoms with E-state index in [1.165, 1.54) is 4.68 Å². The SMILES string of the molecule is Cn1nc(-c2ccccc2)c(-c2ccccc2)c(C(=O)Nc2cccc3cccnc23)c1=O. The van der Waals surface area contributed by atoms with Crippen LogP contribution in [0, 0.1) is 0 Å². The Hall–Kier alpha value is -4.58. The summed E-state index contributed by atoms with van der Waals surface area (Å²) < 4.78 is 1.21. The first-order valence-electron chi connectivity index (χ1n) is 10.5. The van der Waals surface area contributed by atoms with E-state index in [4.69, 9.17) is 0 Å². The largest absolute Gasteiger partial charge is 0.320 e. The van der Waals surface area contributed by atoms with E-state index in [-0.39, 0.29) is 5.56 Å². The molecule has 1 N–H and O–H groups in total. The van der Waals surface area contributed by atoms with Gasteiger partial charge in [-0.25, -0.2) is 4.68 Å². The van der Waals surface area contributed by atoms with Gasteiger partial charge in [0.05, 0.1) is 16.9 Å². The standard InChI is InChI=1S/C27H20N4O2/c1-31-27(33)23(26(32)29-21-16-8-14-19-15-9-17-28-24(19)21)22(18-10-4-2-5-11-18)25(30-31)20-12-6-3-7-13-20/h2-17H,1H3,(H,29,32). The summed E-state index contributed by atoms with van der Waals surface area (Å²) in [6.45, 7) is 0. The number of carbonyl (C=O) groups excluding carboxylic acids is 1. The second-order valence-corrected chi connectivity index (χ2v) is 7.59. The van der Waals surface area contributed by atoms with E-state index in [0.29, 0.717) is 22.5 Å². The maximum absolute atomic E-state index is 13.6. The zero-order valence-corrected chi connectivity index (χ0v) is 17.9. The molecule has 33 heavy (non-hydrogen) atoms. The van der Waals surface area contributed by atoms with Gasteiger partial charge in [0.25, 0.3) is 11.5 Å². The van der Waals surface area contributed by atoms with Crippen LogP contribution in [0.5, 0.6) is 0 Å². The number of aryl methyl sites for hydroxylation is 1. The lowest BCUT2D eigenvalue weighted by atomic mass is 9.95. The number of fused-ring (bicyclic) bond motifs is 1. The van der Waals surface area contributed by atoms with Crippen LogP contribution in [0.4, 0.5) is 5.69 Å². The number of benzene rings is 3. The fraction of sp³-hybridized carbons (Fsp3) is 0.0370. The van der Waals surface area contributed by atoms with E-state index in [9.17, 15) is 9.59 Å². The van der Waals surface area contributed by atoms with Crippen LogP contribution in [0.15, 0.2) is 102 Å². The van der Waals surface area contributed by atoms with Gasteiger partial charge in [0, 0.05) is 29.8 Å². The number of aromatic nitrogens is 3. The molecule has 0 radical (unpaired) electrons. The van der Waals surface area contributed by atoms with Crippen LogP contribution in [-0.2, 0) is 7.05 Å². The molecule has 0 spiro atoms. The quantitative estimate of drug-likeness (QED) is 0.438. The maximum atomic E-state index is 13.6. The van der Waals surface area contributed by atoms with Gasteiger partial charge in [-0.1, -0.05) is 78.9 Å². The van der Waals surface area contributed by atoms with Crippen molar-refractivity contribution in [2.45, 2.75) is 0 Å². The summed E-state index contributed by atoms with van der Waals surface area (Å²) in [5.74, 6) is -0.507. The molecule has 0 aliphatic carbocycles. The third kappa shape index (κ3) is 3.78. The van der Waals surface area contributed by atoms with Crippen molar-refractivity contribution in [1.82, 2.24) is 14.8 Å². The van der Waals surface area contributed by atoms with Crippen molar-refractivity contribution in [3.63, 3.8) is 0 Å². The van der Waals surface area contributed by atoms with Crippen molar-refractivity contribution < 1.29 is 4.79 Å². The highest BCUT2D eigenvalue weighted by molar-refractivity contribution is 6.12. The van der Waals surface area contributed by atoms with Crippen LogP contribution in [0.2, 0.25) is 0 Å². The van der Waals surface area contributed by atoms with Crippen LogP contribution >= 0.6 is 0 Å². The molecule has 3 aromatic carbocycles. The molecule has 0 saturated carbocycles. The highest BCUT2D eigenvalue weighted by atomic mass is 16.2. The average Bonchev–Trinajstić information content (AvgIpc) is 2.86. The monoisotopic (exact) mass is 432 g/mol. The zero-order valence-electron chi connectivity index (χ0n) is 17.9. The van der Waals surface area contributed by atoms with Crippen LogP contribution in [0.3, 0.4) is 0 Å². The topological polar surface area (TPSA) is 76.9 Å². The highest BCUT2D eigenvalue weighted by Gasteiger charge is 2.25. The molecule has 0 aliphatic rings. The van der Waals surface area contributed by atoms with Crippen LogP contribution in [0.25, 0.3) is 33.3 Å². The van der Waals surface area contributed by atoms with Gasteiger partial charge in [-0.2, -0.15) is 5.10 Å². The summed E-state index contributed by atoms with van der Waals surface area (Å²) in [7, 11) is 1.56. The van der Waals surface area contributed by atoms with Gasteiger partial charge in [0.15, 0.2) is 0 Å². The Morgan fingerprint density at radius 1 is 0.818 bits per heavy atom. The summed E-state index contributed by atoms with van der Waals surface area (Å²) in [5, 5.41) is 8.34. The summed E-state index contributed by atoms with van der Waals surface area (Å²) in [4.78, 5) is 31.3. The molecule has 2 aromatic heterocycles. The Labute approximate surface area is 190 Å². The predicted octanol–water partition coefficient (Wildman–Crippen LogP) is 4.91. The third-order valence-electron chi connectivity index (χ3n) is 5.46. The van der Waals surface area contributed by atoms with E-state index in [1.54, 1.807) is 19.3 Å². The second-order valence-electron chi connectivity index (χ2n) is 7.59. The normalized spacial score (nSPS) is 10.8. The van der Waals surface area contributed by atoms with Gasteiger partial charge in [-0.15, -0.1) is 0 Å². The van der Waals surface area contributed by atoms with E-state index >= 15 is 0 Å². The lowest BCUT2D eigenvalue weighted by Crippen LogP contribution is -2.31. The molecule has 0 saturated heterocycles. The molecular formula is C27H20N4O2. The lowest BCUT2D eigenvalue weighted by molar-refractivity contribution is 0.102. The first-order chi connectivity index (χ1) is 16.1. The van der Waals surface area contributed by atoms with Gasteiger partial charge in [0.1, 0.15) is 5.56 Å². The lowest BCUT2D eigenvalue weighted by Gasteiger charge is -2.16. The zero-order chi connectivity index (χ0) is 22.8. The third-order valence-corrected chi connectivity index (χ3v) is 5.46. The van der Waals surface area contributed by atoms with Gasteiger partial charge in [-0.3, -0.25) is 14.6 Å². The average molecular weight is 432 g/mol. The van der Waals surface area contributed by atoms with E-state index < -0.39 is 11.5 Å². The van der Waals surface area contributed by atoms with E-state index in [1.807, 2.05) is 84.9 Å². The first-order valence-corrected chi connectivity index (χ1v) is 10.5. The molecule has 6 nitrogen and oxygen atoms in total. The summed E-state index contributed by atoms with van der Waals surface area (Å²) in [5.41, 5.74) is 3.36. The minimum Gasteiger partial charge on any atom is -0.320 e. The fourth-order valence-corrected chi connectivity index (χ4v) is 3.92. The molecule has 2 heterocycles. The number of nitrogens with one attached hydrogen (secondary N) is 1. The van der Waals surface area contributed by atoms with Crippen LogP contribution in [0.1, 0.15) is 10.4 Å². The molecule has 160 valence electrons. The van der Waals surface area contributed by atoms with Crippen molar-refractivity contribution in [1.29, 1.82) is 0 Å². The molecular weight excluding hydrogens is 412 g/mol. The molecule has 0 unspecified atom stereocenters. The minimum atomic E-state index is -0.507. The van der Waals surface area contributed by atoms with Gasteiger partial charge in [0.2, 0.25) is 0 Å². The Morgan fingerprint density at radius 3 is 2.21 bits per heavy atom. The first kappa shape index (κ1) is 20.3. The molecule has 0 bridgehead atoms. The molecule has 5 rings (SSSR count). The Kier molecular flexibility index (Phi) is 5.24. The molecule has 1 amide bonds. The summed E-state index contributed by atoms with van der Waals surface area (Å²) in [6.07, 6.45) is 1.67. The maximum Gasteiger partial charge on any atom is 0.280 e. The molecule has 0 fully saturated rings. The van der Waals surface area contributed by atoms with E-state index in [0.717, 1.165) is 16.5 Å². The summed E-state index contributed by atoms with van der Waals surface area (Å²) in [6, 6.07) is 28.2. The Balaban J connectivity index is 1.73. The number of para-hydroxylation sites is 1. The van der Waals surface area contributed by atoms with Crippen LogP contribution in [-0.4, -0.2) is 20.7 Å². The van der Waals surface area contributed by atoms with Crippen molar-refractivity contribution in [3.05, 3.63) is 113 Å². The van der Waals surface area contributed by atoms with Gasteiger partial charge < -0.3 is 5.32 Å². The Morgan fingerprint density at radius 2 is 1.48 bits per heavy atom. The van der Waals surface area contributed by atoms with Crippen molar-refractivity contribution >= 4 is 22.5 Å². The summed E-state index contributed by atoms with van der Waals surface area (Å²) >= 11 is 0. The minimum absolute atomic E-state index is 0.0329. The number of hydrogen-bond donors (Lipinski definition) is 1. The van der Waals surface area contributed by atoms with Crippen molar-refractivity contribution in [2.75, 3.05) is 5.32 Å². The van der Waals surface area contributed by atoms with Crippen molar-refractivity contribution in [2.24, 2.45) is 7.05 Å². The second kappa shape index (κ2) is 8.51. The fourth-order valence-electron chi connectivity index (χ4n) is 3.92. The molecule has 0 atom stereocenters. The van der Waals surface area contributed by atoms with Gasteiger partial charge >= 0.3 is 0 Å². The van der Waals surface area contributed by atoms with Gasteiger partial charge in [-0.05, 0) is 17.7 Å². The predicted molar refractivity (Wildman–Crippen MR) is 130 cm³/mol. The highest BCUT2D eigenvalue weighted by Crippen LogP contribution is 2.32. The number of nitrogens with zero attached hydrogens (tertiary/aromatic N) is 3. The number of carbonyl (C=O) groups is 1. The smallest absolute Gasteiger partial charge is 0.280 e. The van der Waals surface area contributed by atoms with Crippen LogP contribution < -0.4 is 10.9 Å². The number of amides is 1. The molecule has 5 aromatic rings. The van der Waals surface area contributed by atoms with Crippen molar-refractivity contribution in [3.8, 4) is 22.4 Å². The molecule has 6 heteroatoms. The number of hydrogen-bond acceptors (Lipinski definition) is 4. The number of rotatable bonds is 4. The van der Waals surface area contributed by atoms with E-state index in [2.05, 4.69) is 15.4 Å². The number of anilines is 1.